The summed E-state index contributed by atoms with van der Waals surface area (Å²) < 4.78 is 0. The highest BCUT2D eigenvalue weighted by molar-refractivity contribution is 6.60. The van der Waals surface area contributed by atoms with Crippen molar-refractivity contribution >= 4 is 49.6 Å². The van der Waals surface area contributed by atoms with Gasteiger partial charge in [0.1, 0.15) is 0 Å². The largest absolute Gasteiger partial charge is 0.289 e. The van der Waals surface area contributed by atoms with Gasteiger partial charge >= 0.3 is 0 Å². The zero-order valence-electron chi connectivity index (χ0n) is 20.8. The molecule has 1 heteroatoms. The van der Waals surface area contributed by atoms with Crippen molar-refractivity contribution in [3.8, 4) is 0 Å². The zero-order chi connectivity index (χ0) is 25.5. The second-order valence-electron chi connectivity index (χ2n) is 9.61. The summed E-state index contributed by atoms with van der Waals surface area (Å²) in [6, 6.07) is 49.8. The fourth-order valence-electron chi connectivity index (χ4n) is 5.79. The van der Waals surface area contributed by atoms with Crippen LogP contribution in [0, 0.1) is 0 Å². The fourth-order valence-corrected chi connectivity index (χ4v) is 5.79. The Morgan fingerprint density at radius 3 is 1.13 bits per heavy atom. The molecule has 7 rings (SSSR count). The maximum absolute atomic E-state index is 14.8. The lowest BCUT2D eigenvalue weighted by atomic mass is 9.88. The molecule has 0 bridgehead atoms. The SMILES string of the molecule is O=C1C(c2cccc3ccccc23)=C(c2ccccc2)C(c2ccccc2)=C1c1cccc2ccccc12. The lowest BCUT2D eigenvalue weighted by Crippen LogP contribution is -2.03. The van der Waals surface area contributed by atoms with Crippen LogP contribution in [0.25, 0.3) is 43.8 Å². The molecule has 0 heterocycles. The summed E-state index contributed by atoms with van der Waals surface area (Å²) in [5.74, 6) is 0.0652. The molecule has 178 valence electrons. The van der Waals surface area contributed by atoms with Gasteiger partial charge in [-0.1, -0.05) is 146 Å². The molecule has 0 N–H and O–H groups in total. The monoisotopic (exact) mass is 484 g/mol. The van der Waals surface area contributed by atoms with Crippen LogP contribution in [0.2, 0.25) is 0 Å². The Kier molecular flexibility index (Phi) is 5.34. The van der Waals surface area contributed by atoms with E-state index in [9.17, 15) is 4.79 Å². The van der Waals surface area contributed by atoms with Gasteiger partial charge in [-0.3, -0.25) is 4.79 Å². The second-order valence-corrected chi connectivity index (χ2v) is 9.61. The minimum absolute atomic E-state index is 0.0652. The predicted octanol–water partition coefficient (Wildman–Crippen LogP) is 9.10. The minimum Gasteiger partial charge on any atom is -0.289 e. The minimum atomic E-state index is 0.0652. The first kappa shape index (κ1) is 22.2. The molecule has 1 aliphatic rings. The fraction of sp³-hybridized carbons (Fsp3) is 0. The van der Waals surface area contributed by atoms with Crippen LogP contribution >= 0.6 is 0 Å². The van der Waals surface area contributed by atoms with Gasteiger partial charge in [0.2, 0.25) is 0 Å². The molecular weight excluding hydrogens is 460 g/mol. The van der Waals surface area contributed by atoms with Gasteiger partial charge < -0.3 is 0 Å². The van der Waals surface area contributed by atoms with Crippen molar-refractivity contribution in [2.24, 2.45) is 0 Å². The third-order valence-electron chi connectivity index (χ3n) is 7.45. The maximum atomic E-state index is 14.8. The number of carbonyl (C=O) groups excluding carboxylic acids is 1. The van der Waals surface area contributed by atoms with E-state index in [-0.39, 0.29) is 5.78 Å². The molecule has 0 atom stereocenters. The lowest BCUT2D eigenvalue weighted by molar-refractivity contribution is -0.108. The van der Waals surface area contributed by atoms with Gasteiger partial charge in [0.05, 0.1) is 0 Å². The van der Waals surface area contributed by atoms with Crippen molar-refractivity contribution in [1.82, 2.24) is 0 Å². The Morgan fingerprint density at radius 2 is 0.684 bits per heavy atom. The van der Waals surface area contributed by atoms with E-state index in [1.54, 1.807) is 0 Å². The van der Waals surface area contributed by atoms with Gasteiger partial charge in [-0.25, -0.2) is 0 Å². The van der Waals surface area contributed by atoms with Crippen molar-refractivity contribution < 1.29 is 4.79 Å². The van der Waals surface area contributed by atoms with Crippen molar-refractivity contribution in [2.75, 3.05) is 0 Å². The highest BCUT2D eigenvalue weighted by Crippen LogP contribution is 2.51. The number of ketones is 1. The number of hydrogen-bond donors (Lipinski definition) is 0. The highest BCUT2D eigenvalue weighted by atomic mass is 16.1. The maximum Gasteiger partial charge on any atom is 0.195 e. The Balaban J connectivity index is 1.63. The molecule has 0 unspecified atom stereocenters. The smallest absolute Gasteiger partial charge is 0.195 e. The van der Waals surface area contributed by atoms with Crippen LogP contribution in [-0.2, 0) is 4.79 Å². The average molecular weight is 485 g/mol. The Bertz CT molecular complexity index is 1760. The van der Waals surface area contributed by atoms with Gasteiger partial charge in [-0.2, -0.15) is 0 Å². The molecular formula is C37H24O. The first-order chi connectivity index (χ1) is 18.8. The van der Waals surface area contributed by atoms with Gasteiger partial charge in [-0.05, 0) is 43.8 Å². The molecule has 0 spiro atoms. The van der Waals surface area contributed by atoms with Crippen LogP contribution in [0.15, 0.2) is 146 Å². The van der Waals surface area contributed by atoms with Crippen LogP contribution in [0.1, 0.15) is 22.3 Å². The van der Waals surface area contributed by atoms with Gasteiger partial charge in [-0.15, -0.1) is 0 Å². The lowest BCUT2D eigenvalue weighted by Gasteiger charge is -2.14. The van der Waals surface area contributed by atoms with Crippen molar-refractivity contribution in [1.29, 1.82) is 0 Å². The number of benzene rings is 6. The zero-order valence-corrected chi connectivity index (χ0v) is 20.8. The molecule has 0 aliphatic heterocycles. The molecule has 1 aliphatic carbocycles. The number of fused-ring (bicyclic) bond motifs is 2. The van der Waals surface area contributed by atoms with Gasteiger partial charge in [0.15, 0.2) is 5.78 Å². The standard InChI is InChI=1S/C37H24O/c38-37-35(31-23-11-19-25-13-7-9-21-29(25)31)33(27-15-3-1-4-16-27)34(28-17-5-2-6-18-28)36(37)32-24-12-20-26-14-8-10-22-30(26)32/h1-24H. The van der Waals surface area contributed by atoms with Crippen molar-refractivity contribution in [2.45, 2.75) is 0 Å². The molecule has 6 aromatic rings. The third-order valence-corrected chi connectivity index (χ3v) is 7.45. The number of Topliss-reactive ketones (excluding diaryl/α,β-unsaturated/α-hetero) is 1. The summed E-state index contributed by atoms with van der Waals surface area (Å²) >= 11 is 0. The molecule has 0 saturated carbocycles. The van der Waals surface area contributed by atoms with E-state index in [0.717, 1.165) is 66.1 Å². The number of carbonyl (C=O) groups is 1. The van der Waals surface area contributed by atoms with Crippen molar-refractivity contribution in [3.05, 3.63) is 168 Å². The number of allylic oxidation sites excluding steroid dienone is 4. The van der Waals surface area contributed by atoms with Crippen LogP contribution < -0.4 is 0 Å². The highest BCUT2D eigenvalue weighted by Gasteiger charge is 2.36. The van der Waals surface area contributed by atoms with E-state index in [1.807, 2.05) is 60.7 Å². The molecule has 0 fully saturated rings. The Morgan fingerprint density at radius 1 is 0.316 bits per heavy atom. The summed E-state index contributed by atoms with van der Waals surface area (Å²) in [5, 5.41) is 4.41. The van der Waals surface area contributed by atoms with Crippen LogP contribution in [-0.4, -0.2) is 5.78 Å². The molecule has 6 aromatic carbocycles. The summed E-state index contributed by atoms with van der Waals surface area (Å²) in [4.78, 5) is 14.8. The number of rotatable bonds is 4. The van der Waals surface area contributed by atoms with Crippen LogP contribution in [0.4, 0.5) is 0 Å². The summed E-state index contributed by atoms with van der Waals surface area (Å²) in [7, 11) is 0. The normalized spacial score (nSPS) is 13.6. The van der Waals surface area contributed by atoms with Crippen LogP contribution in [0.5, 0.6) is 0 Å². The Hall–Kier alpha value is -5.01. The van der Waals surface area contributed by atoms with Crippen molar-refractivity contribution in [3.63, 3.8) is 0 Å². The van der Waals surface area contributed by atoms with Crippen LogP contribution in [0.3, 0.4) is 0 Å². The summed E-state index contributed by atoms with van der Waals surface area (Å²) in [5.41, 5.74) is 7.51. The molecule has 0 saturated heterocycles. The summed E-state index contributed by atoms with van der Waals surface area (Å²) in [6.07, 6.45) is 0. The van der Waals surface area contributed by atoms with E-state index < -0.39 is 0 Å². The molecule has 0 radical (unpaired) electrons. The number of hydrogen-bond acceptors (Lipinski definition) is 1. The molecule has 0 amide bonds. The van der Waals surface area contributed by atoms with Gasteiger partial charge in [0, 0.05) is 22.3 Å². The first-order valence-electron chi connectivity index (χ1n) is 12.9. The quantitative estimate of drug-likeness (QED) is 0.244. The molecule has 38 heavy (non-hydrogen) atoms. The topological polar surface area (TPSA) is 17.1 Å². The predicted molar refractivity (Wildman–Crippen MR) is 159 cm³/mol. The third kappa shape index (κ3) is 3.52. The molecule has 1 nitrogen and oxygen atoms in total. The van der Waals surface area contributed by atoms with E-state index in [2.05, 4.69) is 84.9 Å². The van der Waals surface area contributed by atoms with E-state index >= 15 is 0 Å². The second kappa shape index (κ2) is 9.14. The van der Waals surface area contributed by atoms with E-state index in [0.29, 0.717) is 0 Å². The van der Waals surface area contributed by atoms with E-state index in [4.69, 9.17) is 0 Å². The van der Waals surface area contributed by atoms with E-state index in [1.165, 1.54) is 0 Å². The molecule has 0 aromatic heterocycles. The summed E-state index contributed by atoms with van der Waals surface area (Å²) in [6.45, 7) is 0. The first-order valence-corrected chi connectivity index (χ1v) is 12.9. The van der Waals surface area contributed by atoms with Gasteiger partial charge in [0.25, 0.3) is 0 Å². The average Bonchev–Trinajstić information content (AvgIpc) is 3.29. The Labute approximate surface area is 222 Å².